The minimum absolute atomic E-state index is 0.00536. The average molecular weight is 527 g/mol. The highest BCUT2D eigenvalue weighted by molar-refractivity contribution is 5.89. The normalized spacial score (nSPS) is 14.6. The maximum absolute atomic E-state index is 12.9. The third-order valence-electron chi connectivity index (χ3n) is 6.14. The fourth-order valence-electron chi connectivity index (χ4n) is 4.10. The van der Waals surface area contributed by atoms with Gasteiger partial charge in [0.05, 0.1) is 12.1 Å². The van der Waals surface area contributed by atoms with Gasteiger partial charge in [0.25, 0.3) is 0 Å². The summed E-state index contributed by atoms with van der Waals surface area (Å²) in [5, 5.41) is 15.8. The van der Waals surface area contributed by atoms with Gasteiger partial charge in [0.15, 0.2) is 0 Å². The number of hydrogen-bond donors (Lipinski definition) is 6. The van der Waals surface area contributed by atoms with Crippen molar-refractivity contribution in [3.63, 3.8) is 0 Å². The van der Waals surface area contributed by atoms with E-state index in [1.165, 1.54) is 0 Å². The van der Waals surface area contributed by atoms with E-state index in [0.717, 1.165) is 45.1 Å². The molecule has 0 bridgehead atoms. The lowest BCUT2D eigenvalue weighted by atomic mass is 10.0. The van der Waals surface area contributed by atoms with E-state index < -0.39 is 11.9 Å². The molecule has 0 radical (unpaired) electrons. The molecule has 0 aliphatic heterocycles. The predicted molar refractivity (Wildman–Crippen MR) is 153 cm³/mol. The summed E-state index contributed by atoms with van der Waals surface area (Å²) >= 11 is 0. The maximum Gasteiger partial charge on any atom is 0.240 e. The van der Waals surface area contributed by atoms with E-state index in [1.54, 1.807) is 0 Å². The quantitative estimate of drug-likeness (QED) is 0.135. The molecule has 0 fully saturated rings. The van der Waals surface area contributed by atoms with Gasteiger partial charge < -0.3 is 32.3 Å². The third kappa shape index (κ3) is 19.1. The standard InChI is InChI=1S/C28H58N6O3/c1-9-10-11-18-23(34-28(5,6)7)26(37)33-21(24(29)35)16-12-14-19-31-25(36)22(30-8)17-13-15-20-32-27(2,3)4/h21-23,30,32,34H,9-20H2,1-8H3,(H2,29,35)(H,31,36)(H,33,37). The van der Waals surface area contributed by atoms with Gasteiger partial charge in [-0.15, -0.1) is 0 Å². The summed E-state index contributed by atoms with van der Waals surface area (Å²) in [7, 11) is 1.81. The van der Waals surface area contributed by atoms with Crippen molar-refractivity contribution in [2.75, 3.05) is 20.1 Å². The predicted octanol–water partition coefficient (Wildman–Crippen LogP) is 2.73. The smallest absolute Gasteiger partial charge is 0.240 e. The highest BCUT2D eigenvalue weighted by Gasteiger charge is 2.27. The minimum atomic E-state index is -0.717. The van der Waals surface area contributed by atoms with E-state index in [4.69, 9.17) is 5.73 Å². The lowest BCUT2D eigenvalue weighted by molar-refractivity contribution is -0.129. The van der Waals surface area contributed by atoms with Crippen molar-refractivity contribution in [1.29, 1.82) is 0 Å². The fraction of sp³-hybridized carbons (Fsp3) is 0.893. The van der Waals surface area contributed by atoms with Crippen molar-refractivity contribution in [2.24, 2.45) is 5.73 Å². The first-order valence-electron chi connectivity index (χ1n) is 14.3. The zero-order valence-electron chi connectivity index (χ0n) is 25.0. The molecule has 3 atom stereocenters. The highest BCUT2D eigenvalue weighted by atomic mass is 16.2. The molecule has 0 rings (SSSR count). The van der Waals surface area contributed by atoms with Crippen molar-refractivity contribution < 1.29 is 14.4 Å². The molecular formula is C28H58N6O3. The van der Waals surface area contributed by atoms with Gasteiger partial charge in [-0.2, -0.15) is 0 Å². The third-order valence-corrected chi connectivity index (χ3v) is 6.14. The van der Waals surface area contributed by atoms with Gasteiger partial charge in [0, 0.05) is 17.6 Å². The van der Waals surface area contributed by atoms with Crippen LogP contribution in [0.25, 0.3) is 0 Å². The van der Waals surface area contributed by atoms with Crippen LogP contribution in [0.5, 0.6) is 0 Å². The Balaban J connectivity index is 4.50. The van der Waals surface area contributed by atoms with Crippen molar-refractivity contribution in [3.05, 3.63) is 0 Å². The summed E-state index contributed by atoms with van der Waals surface area (Å²) in [5.74, 6) is -0.719. The number of nitrogens with one attached hydrogen (secondary N) is 5. The van der Waals surface area contributed by atoms with Gasteiger partial charge in [-0.25, -0.2) is 0 Å². The summed E-state index contributed by atoms with van der Waals surface area (Å²) < 4.78 is 0. The Bertz CT molecular complexity index is 657. The van der Waals surface area contributed by atoms with Crippen LogP contribution in [0.2, 0.25) is 0 Å². The molecule has 0 aliphatic carbocycles. The van der Waals surface area contributed by atoms with Gasteiger partial charge in [0.1, 0.15) is 6.04 Å². The van der Waals surface area contributed by atoms with Gasteiger partial charge >= 0.3 is 0 Å². The molecule has 0 heterocycles. The molecule has 9 heteroatoms. The topological polar surface area (TPSA) is 137 Å². The Morgan fingerprint density at radius 2 is 1.24 bits per heavy atom. The van der Waals surface area contributed by atoms with E-state index in [-0.39, 0.29) is 35.0 Å². The van der Waals surface area contributed by atoms with Crippen molar-refractivity contribution >= 4 is 17.7 Å². The summed E-state index contributed by atoms with van der Waals surface area (Å²) in [6.07, 6.45) is 8.39. The van der Waals surface area contributed by atoms with Crippen LogP contribution in [-0.4, -0.2) is 67.1 Å². The van der Waals surface area contributed by atoms with Gasteiger partial charge in [-0.1, -0.05) is 32.6 Å². The van der Waals surface area contributed by atoms with Crippen molar-refractivity contribution in [3.8, 4) is 0 Å². The Morgan fingerprint density at radius 3 is 1.76 bits per heavy atom. The Morgan fingerprint density at radius 1 is 0.703 bits per heavy atom. The van der Waals surface area contributed by atoms with Crippen LogP contribution in [-0.2, 0) is 14.4 Å². The van der Waals surface area contributed by atoms with E-state index in [0.29, 0.717) is 32.2 Å². The number of likely N-dealkylation sites (N-methyl/N-ethyl adjacent to an activating group) is 1. The number of carbonyl (C=O) groups is 3. The van der Waals surface area contributed by atoms with Crippen molar-refractivity contribution in [1.82, 2.24) is 26.6 Å². The monoisotopic (exact) mass is 526 g/mol. The molecule has 7 N–H and O–H groups in total. The van der Waals surface area contributed by atoms with Crippen LogP contribution < -0.4 is 32.3 Å². The number of unbranched alkanes of at least 4 members (excludes halogenated alkanes) is 4. The molecular weight excluding hydrogens is 468 g/mol. The molecule has 0 saturated carbocycles. The van der Waals surface area contributed by atoms with Crippen LogP contribution in [0.15, 0.2) is 0 Å². The molecule has 37 heavy (non-hydrogen) atoms. The zero-order valence-corrected chi connectivity index (χ0v) is 25.0. The summed E-state index contributed by atoms with van der Waals surface area (Å²) in [6.45, 7) is 16.1. The molecule has 0 aromatic heterocycles. The van der Waals surface area contributed by atoms with Crippen LogP contribution in [0.4, 0.5) is 0 Å². The number of nitrogens with two attached hydrogens (primary N) is 1. The molecule has 0 aromatic carbocycles. The van der Waals surface area contributed by atoms with E-state index >= 15 is 0 Å². The van der Waals surface area contributed by atoms with Crippen LogP contribution in [0.1, 0.15) is 113 Å². The Hall–Kier alpha value is -1.71. The first-order chi connectivity index (χ1) is 17.2. The molecule has 9 nitrogen and oxygen atoms in total. The lowest BCUT2D eigenvalue weighted by Crippen LogP contribution is -2.55. The van der Waals surface area contributed by atoms with Crippen LogP contribution >= 0.6 is 0 Å². The summed E-state index contributed by atoms with van der Waals surface area (Å²) in [4.78, 5) is 37.5. The Kier molecular flexibility index (Phi) is 17.7. The first-order valence-corrected chi connectivity index (χ1v) is 14.3. The van der Waals surface area contributed by atoms with E-state index in [9.17, 15) is 14.4 Å². The second-order valence-electron chi connectivity index (χ2n) is 12.2. The lowest BCUT2D eigenvalue weighted by Gasteiger charge is -2.29. The van der Waals surface area contributed by atoms with Crippen LogP contribution in [0, 0.1) is 0 Å². The Labute approximate surface area is 226 Å². The second kappa shape index (κ2) is 18.5. The molecule has 0 aliphatic rings. The highest BCUT2D eigenvalue weighted by Crippen LogP contribution is 2.10. The summed E-state index contributed by atoms with van der Waals surface area (Å²) in [5.41, 5.74) is 5.48. The molecule has 0 spiro atoms. The SMILES string of the molecule is CCCCCC(NC(C)(C)C)C(=O)NC(CCCCNC(=O)C(CCCCNC(C)(C)C)NC)C(N)=O. The fourth-order valence-corrected chi connectivity index (χ4v) is 4.10. The van der Waals surface area contributed by atoms with E-state index in [2.05, 4.69) is 54.3 Å². The molecule has 3 unspecified atom stereocenters. The molecule has 0 saturated heterocycles. The largest absolute Gasteiger partial charge is 0.368 e. The minimum Gasteiger partial charge on any atom is -0.368 e. The number of hydrogen-bond acceptors (Lipinski definition) is 6. The number of rotatable bonds is 20. The number of primary amides is 1. The molecule has 0 aromatic rings. The van der Waals surface area contributed by atoms with Crippen LogP contribution in [0.3, 0.4) is 0 Å². The van der Waals surface area contributed by atoms with Gasteiger partial charge in [0.2, 0.25) is 17.7 Å². The van der Waals surface area contributed by atoms with Gasteiger partial charge in [-0.3, -0.25) is 14.4 Å². The van der Waals surface area contributed by atoms with Crippen molar-refractivity contribution in [2.45, 2.75) is 142 Å². The molecule has 3 amide bonds. The zero-order chi connectivity index (χ0) is 28.5. The first kappa shape index (κ1) is 35.3. The van der Waals surface area contributed by atoms with E-state index in [1.807, 2.05) is 27.8 Å². The number of amides is 3. The van der Waals surface area contributed by atoms with Gasteiger partial charge in [-0.05, 0) is 93.7 Å². The number of carbonyl (C=O) groups excluding carboxylic acids is 3. The summed E-state index contributed by atoms with van der Waals surface area (Å²) in [6, 6.07) is -1.30. The second-order valence-corrected chi connectivity index (χ2v) is 12.2. The maximum atomic E-state index is 12.9. The molecule has 218 valence electrons. The average Bonchev–Trinajstić information content (AvgIpc) is 2.77.